The monoisotopic (exact) mass is 1200 g/mol. The Morgan fingerprint density at radius 2 is 1.30 bits per heavy atom. The summed E-state index contributed by atoms with van der Waals surface area (Å²) in [6.45, 7) is 29.0. The predicted octanol–water partition coefficient (Wildman–Crippen LogP) is 9.97. The molecule has 5 aliphatic rings. The molecule has 5 fully saturated rings. The first-order valence-electron chi connectivity index (χ1n) is 33.5. The fraction of sp³-hybridized carbons (Fsp3) is 0.894. The van der Waals surface area contributed by atoms with Crippen molar-refractivity contribution >= 4 is 40.7 Å². The fourth-order valence-electron chi connectivity index (χ4n) is 14.8. The van der Waals surface area contributed by atoms with Crippen LogP contribution in [0.25, 0.3) is 0 Å². The number of nitrogens with one attached hydrogen (secondary N) is 3. The summed E-state index contributed by atoms with van der Waals surface area (Å²) in [5.74, 6) is 2.19. The molecule has 8 atom stereocenters. The minimum atomic E-state index is -0.144. The van der Waals surface area contributed by atoms with Crippen LogP contribution in [0, 0.1) is 17.8 Å². The van der Waals surface area contributed by atoms with E-state index in [0.717, 1.165) is 161 Å². The van der Waals surface area contributed by atoms with Crippen molar-refractivity contribution in [2.45, 2.75) is 204 Å². The molecule has 13 nitrogen and oxygen atoms in total. The predicted molar refractivity (Wildman–Crippen MR) is 352 cm³/mol. The lowest BCUT2D eigenvalue weighted by Gasteiger charge is -2.43. The maximum absolute atomic E-state index is 14.8. The van der Waals surface area contributed by atoms with E-state index < -0.39 is 0 Å². The Morgan fingerprint density at radius 1 is 0.646 bits per heavy atom. The summed E-state index contributed by atoms with van der Waals surface area (Å²) in [7, 11) is 16.3. The molecule has 0 aromatic heterocycles. The van der Waals surface area contributed by atoms with E-state index in [1.807, 2.05) is 12.1 Å². The lowest BCUT2D eigenvalue weighted by molar-refractivity contribution is -0.138. The average molecular weight is 1210 g/mol. The molecule has 3 heterocycles. The zero-order valence-electron chi connectivity index (χ0n) is 54.5. The third-order valence-corrected chi connectivity index (χ3v) is 22.2. The Balaban J connectivity index is 1.22. The van der Waals surface area contributed by atoms with Crippen molar-refractivity contribution in [3.8, 4) is 0 Å². The summed E-state index contributed by atoms with van der Waals surface area (Å²) in [5, 5.41) is 14.1. The van der Waals surface area contributed by atoms with Gasteiger partial charge in [0.2, 0.25) is 5.91 Å². The molecule has 2 saturated carbocycles. The Morgan fingerprint density at radius 3 is 1.99 bits per heavy atom. The standard InChI is InChI=1S/C66H123Cl3N12O/c1-13-52(4)61-48-75(8)38-37-73(6)39-40-77(10)58(41-54-23-16-14-17-24-54)47-74(7)36-31-70-56(27-26-55-42-59(67)64(69)60(68)43-55)46-81-34-22-25-57(81)45-72-66(29-18-19-30-66)50-79(12)63(51(2)3)49-78(11)62(28-35-76(9)53(5)44-71-61)65(82)80-32-20-15-21-33-80/h42-43,51-54,56-58,61-63,70-72H,13-41,44-50H2,1-12H3/t52-,53-,56-,57-,58-,61+,62-,63+/m0/s1. The molecule has 1 aromatic rings. The van der Waals surface area contributed by atoms with Gasteiger partial charge in [-0.15, -0.1) is 0 Å². The van der Waals surface area contributed by atoms with Crippen LogP contribution in [0.3, 0.4) is 0 Å². The van der Waals surface area contributed by atoms with Crippen LogP contribution >= 0.6 is 34.8 Å². The lowest BCUT2D eigenvalue weighted by atomic mass is 9.84. The minimum Gasteiger partial charge on any atom is -0.341 e. The highest BCUT2D eigenvalue weighted by atomic mass is 35.5. The van der Waals surface area contributed by atoms with Gasteiger partial charge in [-0.3, -0.25) is 14.6 Å². The Hall–Kier alpha value is -0.880. The molecular weight excluding hydrogens is 1080 g/mol. The molecule has 474 valence electrons. The summed E-state index contributed by atoms with van der Waals surface area (Å²) in [6.07, 6.45) is 23.0. The van der Waals surface area contributed by atoms with Gasteiger partial charge in [0.15, 0.2) is 0 Å². The molecule has 82 heavy (non-hydrogen) atoms. The van der Waals surface area contributed by atoms with Crippen molar-refractivity contribution in [3.05, 3.63) is 32.8 Å². The third kappa shape index (κ3) is 22.6. The van der Waals surface area contributed by atoms with Crippen LogP contribution in [0.2, 0.25) is 15.1 Å². The van der Waals surface area contributed by atoms with Crippen molar-refractivity contribution in [1.82, 2.24) is 60.0 Å². The van der Waals surface area contributed by atoms with Crippen LogP contribution in [-0.2, 0) is 11.2 Å². The Bertz CT molecular complexity index is 1930. The minimum absolute atomic E-state index is 0.0825. The maximum Gasteiger partial charge on any atom is 0.239 e. The van der Waals surface area contributed by atoms with E-state index in [1.165, 1.54) is 83.5 Å². The van der Waals surface area contributed by atoms with Crippen LogP contribution < -0.4 is 16.0 Å². The number of rotatable bonds is 9. The Kier molecular flexibility index (Phi) is 30.8. The van der Waals surface area contributed by atoms with Crippen LogP contribution in [0.1, 0.15) is 156 Å². The van der Waals surface area contributed by atoms with Crippen molar-refractivity contribution in [3.63, 3.8) is 0 Å². The van der Waals surface area contributed by atoms with Gasteiger partial charge in [0, 0.05) is 147 Å². The first-order chi connectivity index (χ1) is 39.2. The molecule has 1 amide bonds. The topological polar surface area (TPSA) is 82.3 Å². The molecule has 3 saturated heterocycles. The molecule has 3 N–H and O–H groups in total. The van der Waals surface area contributed by atoms with Crippen molar-refractivity contribution in [2.75, 3.05) is 161 Å². The van der Waals surface area contributed by atoms with E-state index in [1.54, 1.807) is 0 Å². The SMILES string of the molecule is CC[C@H](C)[C@H]1CN(C)CCN(C)CCN(C)[C@@H](CC2CCCCC2)CN(C)CCN[C@@H](CCc2cc(Cl)c(Cl)c(Cl)c2)CN2CCC[C@H]2CNC2(CCCC2)CN(C)[C@@H](C(C)C)CN(C)[C@H](C(=O)N2CCCCC2)CCN(C)[C@@H](C)CN1. The summed E-state index contributed by atoms with van der Waals surface area (Å²) < 4.78 is 0. The van der Waals surface area contributed by atoms with E-state index in [0.29, 0.717) is 69.1 Å². The van der Waals surface area contributed by atoms with E-state index in [2.05, 4.69) is 144 Å². The number of hydrogen-bond acceptors (Lipinski definition) is 12. The maximum atomic E-state index is 14.8. The normalized spacial score (nSPS) is 30.4. The quantitative estimate of drug-likeness (QED) is 0.206. The summed E-state index contributed by atoms with van der Waals surface area (Å²) >= 11 is 19.7. The second kappa shape index (κ2) is 35.9. The molecule has 0 radical (unpaired) electrons. The molecular formula is C66H123Cl3N12O. The van der Waals surface area contributed by atoms with Gasteiger partial charge >= 0.3 is 0 Å². The summed E-state index contributed by atoms with van der Waals surface area (Å²) in [4.78, 5) is 37.9. The molecule has 2 aliphatic carbocycles. The van der Waals surface area contributed by atoms with Gasteiger partial charge in [0.25, 0.3) is 0 Å². The van der Waals surface area contributed by atoms with E-state index in [9.17, 15) is 4.79 Å². The number of carbonyl (C=O) groups is 1. The van der Waals surface area contributed by atoms with E-state index in [-0.39, 0.29) is 11.6 Å². The average Bonchev–Trinajstić information content (AvgIpc) is 4.23. The van der Waals surface area contributed by atoms with Gasteiger partial charge in [-0.1, -0.05) is 114 Å². The molecule has 3 aliphatic heterocycles. The molecule has 1 spiro atoms. The second-order valence-electron chi connectivity index (χ2n) is 28.0. The smallest absolute Gasteiger partial charge is 0.239 e. The first kappa shape index (κ1) is 70.2. The Labute approximate surface area is 518 Å². The number of nitrogens with zero attached hydrogens (tertiary/aromatic N) is 9. The zero-order chi connectivity index (χ0) is 59.3. The number of amides is 1. The largest absolute Gasteiger partial charge is 0.341 e. The molecule has 0 unspecified atom stereocenters. The number of piperidine rings is 1. The van der Waals surface area contributed by atoms with Crippen LogP contribution in [0.5, 0.6) is 0 Å². The number of aryl methyl sites for hydroxylation is 1. The summed E-state index contributed by atoms with van der Waals surface area (Å²) in [6, 6.07) is 6.32. The van der Waals surface area contributed by atoms with Crippen LogP contribution in [0.4, 0.5) is 0 Å². The number of likely N-dealkylation sites (tertiary alicyclic amines) is 1. The number of hydrogen-bond donors (Lipinski definition) is 3. The first-order valence-corrected chi connectivity index (χ1v) is 34.6. The van der Waals surface area contributed by atoms with Gasteiger partial charge in [0.05, 0.1) is 21.1 Å². The summed E-state index contributed by atoms with van der Waals surface area (Å²) in [5.41, 5.74) is 1.23. The van der Waals surface area contributed by atoms with Crippen molar-refractivity contribution < 1.29 is 4.79 Å². The van der Waals surface area contributed by atoms with Gasteiger partial charge in [-0.2, -0.15) is 0 Å². The number of likely N-dealkylation sites (N-methyl/N-ethyl adjacent to an activating group) is 7. The molecule has 16 heteroatoms. The highest BCUT2D eigenvalue weighted by Gasteiger charge is 2.40. The second-order valence-corrected chi connectivity index (χ2v) is 29.2. The van der Waals surface area contributed by atoms with Crippen LogP contribution in [-0.4, -0.2) is 258 Å². The fourth-order valence-corrected chi connectivity index (χ4v) is 15.4. The van der Waals surface area contributed by atoms with Gasteiger partial charge < -0.3 is 50.2 Å². The number of benzene rings is 1. The number of fused-ring (bicyclic) bond motifs is 1. The van der Waals surface area contributed by atoms with Crippen molar-refractivity contribution in [1.29, 1.82) is 0 Å². The van der Waals surface area contributed by atoms with Crippen molar-refractivity contribution in [2.24, 2.45) is 17.8 Å². The number of halogens is 3. The van der Waals surface area contributed by atoms with Gasteiger partial charge in [-0.25, -0.2) is 0 Å². The van der Waals surface area contributed by atoms with Gasteiger partial charge in [0.1, 0.15) is 0 Å². The van der Waals surface area contributed by atoms with Gasteiger partial charge in [-0.05, 0) is 169 Å². The molecule has 0 bridgehead atoms. The number of carbonyl (C=O) groups excluding carboxylic acids is 1. The van der Waals surface area contributed by atoms with E-state index in [4.69, 9.17) is 34.8 Å². The third-order valence-electron chi connectivity index (χ3n) is 21.0. The molecule has 1 aromatic carbocycles. The van der Waals surface area contributed by atoms with Crippen LogP contribution in [0.15, 0.2) is 12.1 Å². The molecule has 6 rings (SSSR count). The lowest BCUT2D eigenvalue weighted by Crippen LogP contribution is -2.59. The zero-order valence-corrected chi connectivity index (χ0v) is 56.7. The highest BCUT2D eigenvalue weighted by Crippen LogP contribution is 2.34. The van der Waals surface area contributed by atoms with E-state index >= 15 is 0 Å². The highest BCUT2D eigenvalue weighted by molar-refractivity contribution is 6.48.